The van der Waals surface area contributed by atoms with Gasteiger partial charge in [0.1, 0.15) is 13.2 Å². The number of ether oxygens (including phenoxy) is 3. The van der Waals surface area contributed by atoms with Gasteiger partial charge in [-0.25, -0.2) is 0 Å². The van der Waals surface area contributed by atoms with E-state index >= 15 is 0 Å². The fourth-order valence-electron chi connectivity index (χ4n) is 9.49. The van der Waals surface area contributed by atoms with E-state index in [2.05, 4.69) is 154 Å². The Labute approximate surface area is 513 Å². The second-order valence-corrected chi connectivity index (χ2v) is 22.7. The number of rotatable bonds is 62. The molecule has 0 spiro atoms. The Kier molecular flexibility index (Phi) is 66.3. The van der Waals surface area contributed by atoms with Gasteiger partial charge < -0.3 is 14.2 Å². The molecule has 0 heterocycles. The van der Waals surface area contributed by atoms with Crippen molar-refractivity contribution in [2.45, 2.75) is 322 Å². The fourth-order valence-corrected chi connectivity index (χ4v) is 9.49. The summed E-state index contributed by atoms with van der Waals surface area (Å²) in [5, 5.41) is 0. The summed E-state index contributed by atoms with van der Waals surface area (Å²) >= 11 is 0. The first kappa shape index (κ1) is 78.5. The predicted molar refractivity (Wildman–Crippen MR) is 362 cm³/mol. The minimum Gasteiger partial charge on any atom is -0.462 e. The van der Waals surface area contributed by atoms with Gasteiger partial charge in [0.05, 0.1) is 0 Å². The Morgan fingerprint density at radius 2 is 0.470 bits per heavy atom. The van der Waals surface area contributed by atoms with E-state index in [0.29, 0.717) is 19.3 Å². The average molecular weight is 1150 g/mol. The van der Waals surface area contributed by atoms with Crippen LogP contribution in [0.2, 0.25) is 0 Å². The van der Waals surface area contributed by atoms with E-state index in [1.807, 2.05) is 0 Å². The van der Waals surface area contributed by atoms with Gasteiger partial charge in [0.25, 0.3) is 0 Å². The van der Waals surface area contributed by atoms with E-state index in [1.54, 1.807) is 0 Å². The number of allylic oxidation sites excluding steroid dienone is 22. The first-order valence-electron chi connectivity index (χ1n) is 34.7. The molecule has 0 saturated heterocycles. The van der Waals surface area contributed by atoms with Crippen LogP contribution in [0.3, 0.4) is 0 Å². The van der Waals surface area contributed by atoms with E-state index in [9.17, 15) is 14.4 Å². The topological polar surface area (TPSA) is 78.9 Å². The second-order valence-electron chi connectivity index (χ2n) is 22.7. The van der Waals surface area contributed by atoms with Crippen molar-refractivity contribution in [2.24, 2.45) is 0 Å². The Bertz CT molecular complexity index is 1750. The molecule has 0 amide bonds. The maximum Gasteiger partial charge on any atom is 0.306 e. The molecule has 0 aromatic rings. The third-order valence-corrected chi connectivity index (χ3v) is 14.6. The molecule has 0 aliphatic rings. The molecule has 0 radical (unpaired) electrons. The molecule has 0 fully saturated rings. The SMILES string of the molecule is CC/C=C\C/C=C\C/C=C\C/C=C\CCCCCCCCCCC(=O)OCC(COC(=O)CCCCCCCCCC/C=C\C/C=C\C/C=C\CCCCCCC)OC(=O)CCCCCCCCCC/C=C\C/C=C\C/C=C\C/C=C\CC. The summed E-state index contributed by atoms with van der Waals surface area (Å²) in [5.41, 5.74) is 0. The van der Waals surface area contributed by atoms with Crippen LogP contribution in [-0.4, -0.2) is 37.2 Å². The lowest BCUT2D eigenvalue weighted by Gasteiger charge is -2.18. The minimum absolute atomic E-state index is 0.0909. The fraction of sp³-hybridized carbons (Fsp3) is 0.675. The average Bonchev–Trinajstić information content (AvgIpc) is 3.49. The van der Waals surface area contributed by atoms with Crippen LogP contribution in [0.15, 0.2) is 134 Å². The molecule has 6 heteroatoms. The van der Waals surface area contributed by atoms with Crippen molar-refractivity contribution in [3.8, 4) is 0 Å². The highest BCUT2D eigenvalue weighted by Gasteiger charge is 2.19. The van der Waals surface area contributed by atoms with Gasteiger partial charge in [-0.1, -0.05) is 296 Å². The molecule has 1 atom stereocenters. The number of carbonyl (C=O) groups excluding carboxylic acids is 3. The Morgan fingerprint density at radius 1 is 0.253 bits per heavy atom. The zero-order valence-corrected chi connectivity index (χ0v) is 54.2. The maximum atomic E-state index is 13.0. The number of hydrogen-bond donors (Lipinski definition) is 0. The number of carbonyl (C=O) groups is 3. The highest BCUT2D eigenvalue weighted by atomic mass is 16.6. The van der Waals surface area contributed by atoms with Crippen LogP contribution < -0.4 is 0 Å². The molecule has 1 unspecified atom stereocenters. The summed E-state index contributed by atoms with van der Waals surface area (Å²) < 4.78 is 17.0. The molecular formula is C77H128O6. The lowest BCUT2D eigenvalue weighted by atomic mass is 10.1. The molecule has 83 heavy (non-hydrogen) atoms. The van der Waals surface area contributed by atoms with Crippen LogP contribution in [-0.2, 0) is 28.6 Å². The lowest BCUT2D eigenvalue weighted by molar-refractivity contribution is -0.167. The zero-order chi connectivity index (χ0) is 59.9. The quantitative estimate of drug-likeness (QED) is 0.0261. The second kappa shape index (κ2) is 70.0. The van der Waals surface area contributed by atoms with Gasteiger partial charge in [0.2, 0.25) is 0 Å². The summed E-state index contributed by atoms with van der Waals surface area (Å²) in [7, 11) is 0. The predicted octanol–water partition coefficient (Wildman–Crippen LogP) is 24.1. The van der Waals surface area contributed by atoms with Gasteiger partial charge in [-0.15, -0.1) is 0 Å². The van der Waals surface area contributed by atoms with E-state index in [4.69, 9.17) is 14.2 Å². The normalized spacial score (nSPS) is 13.0. The Balaban J connectivity index is 4.44. The van der Waals surface area contributed by atoms with E-state index in [-0.39, 0.29) is 31.1 Å². The molecule has 0 aromatic heterocycles. The smallest absolute Gasteiger partial charge is 0.306 e. The van der Waals surface area contributed by atoms with E-state index in [0.717, 1.165) is 141 Å². The van der Waals surface area contributed by atoms with Crippen LogP contribution in [0.1, 0.15) is 316 Å². The van der Waals surface area contributed by atoms with Gasteiger partial charge >= 0.3 is 17.9 Å². The summed E-state index contributed by atoms with van der Waals surface area (Å²) in [6, 6.07) is 0. The highest BCUT2D eigenvalue weighted by molar-refractivity contribution is 5.71. The van der Waals surface area contributed by atoms with Crippen LogP contribution in [0, 0.1) is 0 Å². The van der Waals surface area contributed by atoms with Crippen molar-refractivity contribution in [3.05, 3.63) is 134 Å². The van der Waals surface area contributed by atoms with Crippen molar-refractivity contribution < 1.29 is 28.6 Å². The van der Waals surface area contributed by atoms with Gasteiger partial charge in [0, 0.05) is 19.3 Å². The maximum absolute atomic E-state index is 13.0. The summed E-state index contributed by atoms with van der Waals surface area (Å²) in [6.45, 7) is 6.41. The summed E-state index contributed by atoms with van der Waals surface area (Å²) in [6.07, 6.45) is 98.8. The van der Waals surface area contributed by atoms with Crippen LogP contribution in [0.25, 0.3) is 0 Å². The van der Waals surface area contributed by atoms with Gasteiger partial charge in [-0.3, -0.25) is 14.4 Å². The third kappa shape index (κ3) is 68.2. The van der Waals surface area contributed by atoms with Crippen molar-refractivity contribution in [2.75, 3.05) is 13.2 Å². The first-order chi connectivity index (χ1) is 41.0. The van der Waals surface area contributed by atoms with E-state index < -0.39 is 6.10 Å². The number of hydrogen-bond acceptors (Lipinski definition) is 6. The molecular weight excluding hydrogens is 1020 g/mol. The Morgan fingerprint density at radius 3 is 0.735 bits per heavy atom. The number of unbranched alkanes of at least 4 members (excludes halogenated alkanes) is 29. The van der Waals surface area contributed by atoms with Gasteiger partial charge in [-0.2, -0.15) is 0 Å². The lowest BCUT2D eigenvalue weighted by Crippen LogP contribution is -2.30. The largest absolute Gasteiger partial charge is 0.462 e. The van der Waals surface area contributed by atoms with Gasteiger partial charge in [-0.05, 0) is 135 Å². The molecule has 0 rings (SSSR count). The molecule has 0 N–H and O–H groups in total. The zero-order valence-electron chi connectivity index (χ0n) is 54.2. The molecule has 0 aliphatic carbocycles. The highest BCUT2D eigenvalue weighted by Crippen LogP contribution is 2.16. The van der Waals surface area contributed by atoms with Crippen molar-refractivity contribution in [3.63, 3.8) is 0 Å². The third-order valence-electron chi connectivity index (χ3n) is 14.6. The monoisotopic (exact) mass is 1150 g/mol. The standard InChI is InChI=1S/C77H128O6/c1-4-7-10-13-16-19-22-25-28-31-34-37-38-41-43-46-49-52-55-58-61-64-67-70-76(79)82-73-74(83-77(80)71-68-65-62-59-56-53-50-47-44-40-36-33-30-27-24-21-18-15-12-9-6-3)72-81-75(78)69-66-63-60-57-54-51-48-45-42-39-35-32-29-26-23-20-17-14-11-8-5-2/h8-9,11-12,17-18,20-22,25-27,29-31,34-36,38-41,74H,4-7,10,13-16,19,23-24,28,32-33,37,42-73H2,1-3H3/b11-8-,12-9-,20-17-,21-18-,25-22-,29-26-,30-27-,34-31-,39-35-,40-36-,41-38-. The van der Waals surface area contributed by atoms with Crippen molar-refractivity contribution in [1.29, 1.82) is 0 Å². The van der Waals surface area contributed by atoms with E-state index in [1.165, 1.54) is 135 Å². The van der Waals surface area contributed by atoms with Crippen LogP contribution >= 0.6 is 0 Å². The van der Waals surface area contributed by atoms with Crippen LogP contribution in [0.4, 0.5) is 0 Å². The summed E-state index contributed by atoms with van der Waals surface area (Å²) in [4.78, 5) is 38.5. The minimum atomic E-state index is -0.797. The van der Waals surface area contributed by atoms with Gasteiger partial charge in [0.15, 0.2) is 6.10 Å². The molecule has 0 aromatic carbocycles. The number of esters is 3. The molecule has 0 aliphatic heterocycles. The first-order valence-corrected chi connectivity index (χ1v) is 34.7. The molecule has 6 nitrogen and oxygen atoms in total. The summed E-state index contributed by atoms with van der Waals surface area (Å²) in [5.74, 6) is -0.906. The Hall–Kier alpha value is -4.45. The molecule has 0 saturated carbocycles. The van der Waals surface area contributed by atoms with Crippen molar-refractivity contribution in [1.82, 2.24) is 0 Å². The van der Waals surface area contributed by atoms with Crippen molar-refractivity contribution >= 4 is 17.9 Å². The van der Waals surface area contributed by atoms with Crippen LogP contribution in [0.5, 0.6) is 0 Å². The molecule has 472 valence electrons. The molecule has 0 bridgehead atoms.